The van der Waals surface area contributed by atoms with E-state index >= 15 is 0 Å². The zero-order valence-electron chi connectivity index (χ0n) is 19.3. The van der Waals surface area contributed by atoms with Crippen LogP contribution in [-0.4, -0.2) is 22.6 Å². The Morgan fingerprint density at radius 1 is 1.06 bits per heavy atom. The molecule has 174 valence electrons. The zero-order chi connectivity index (χ0) is 23.5. The molecule has 1 atom stereocenters. The molecule has 1 aromatic heterocycles. The third-order valence-electron chi connectivity index (χ3n) is 6.63. The van der Waals surface area contributed by atoms with Gasteiger partial charge in [-0.05, 0) is 60.9 Å². The van der Waals surface area contributed by atoms with Crippen LogP contribution in [0.3, 0.4) is 0 Å². The summed E-state index contributed by atoms with van der Waals surface area (Å²) in [7, 11) is 1.76. The molecule has 1 unspecified atom stereocenters. The number of amides is 1. The van der Waals surface area contributed by atoms with Gasteiger partial charge in [0.05, 0.1) is 11.0 Å². The smallest absolute Gasteiger partial charge is 0.248 e. The number of aromatic nitrogens is 2. The van der Waals surface area contributed by atoms with Crippen molar-refractivity contribution in [3.63, 3.8) is 0 Å². The predicted octanol–water partition coefficient (Wildman–Crippen LogP) is 5.72. The number of methoxy groups -OCH3 is 1. The van der Waals surface area contributed by atoms with E-state index in [9.17, 15) is 4.79 Å². The van der Waals surface area contributed by atoms with E-state index in [1.54, 1.807) is 19.2 Å². The molecule has 1 fully saturated rings. The Morgan fingerprint density at radius 2 is 1.79 bits per heavy atom. The second-order valence-corrected chi connectivity index (χ2v) is 8.84. The van der Waals surface area contributed by atoms with Gasteiger partial charge in [0.2, 0.25) is 5.91 Å². The molecule has 1 heterocycles. The van der Waals surface area contributed by atoms with Crippen LogP contribution in [0.4, 0.5) is 0 Å². The predicted molar refractivity (Wildman–Crippen MR) is 132 cm³/mol. The Morgan fingerprint density at radius 3 is 2.47 bits per heavy atom. The number of nitrogens with zero attached hydrogens (tertiary/aromatic N) is 2. The molecular weight excluding hydrogens is 426 g/mol. The molecule has 0 spiro atoms. The normalized spacial score (nSPS) is 15.0. The van der Waals surface area contributed by atoms with Crippen LogP contribution in [0.1, 0.15) is 47.8 Å². The lowest BCUT2D eigenvalue weighted by molar-refractivity contribution is 0.000726. The van der Waals surface area contributed by atoms with E-state index in [1.807, 2.05) is 60.7 Å². The highest BCUT2D eigenvalue weighted by Crippen LogP contribution is 2.39. The molecule has 5 rings (SSSR count). The van der Waals surface area contributed by atoms with Crippen LogP contribution in [0.15, 0.2) is 72.8 Å². The topological polar surface area (TPSA) is 79.4 Å². The lowest BCUT2D eigenvalue weighted by Gasteiger charge is -2.26. The molecule has 6 nitrogen and oxygen atoms in total. The number of primary amides is 1. The number of carbonyl (C=O) groups excluding carboxylic acids is 1. The van der Waals surface area contributed by atoms with Crippen molar-refractivity contribution in [3.8, 4) is 17.1 Å². The Labute approximate surface area is 199 Å². The van der Waals surface area contributed by atoms with Gasteiger partial charge >= 0.3 is 0 Å². The number of hydrogen-bond donors (Lipinski definition) is 1. The molecule has 0 radical (unpaired) electrons. The molecule has 0 bridgehead atoms. The van der Waals surface area contributed by atoms with Crippen molar-refractivity contribution in [2.24, 2.45) is 11.7 Å². The van der Waals surface area contributed by atoms with Crippen LogP contribution in [-0.2, 0) is 11.3 Å². The molecule has 1 amide bonds. The zero-order valence-corrected chi connectivity index (χ0v) is 19.3. The number of nitrogens with two attached hydrogens (primary N) is 1. The van der Waals surface area contributed by atoms with Crippen molar-refractivity contribution in [2.45, 2.75) is 38.5 Å². The van der Waals surface area contributed by atoms with Crippen molar-refractivity contribution in [1.82, 2.24) is 9.55 Å². The van der Waals surface area contributed by atoms with Crippen LogP contribution in [0.5, 0.6) is 5.75 Å². The average molecular weight is 456 g/mol. The molecular formula is C28H29N3O3. The Balaban J connectivity index is 1.51. The quantitative estimate of drug-likeness (QED) is 0.369. The summed E-state index contributed by atoms with van der Waals surface area (Å²) < 4.78 is 14.2. The summed E-state index contributed by atoms with van der Waals surface area (Å²) in [6, 6.07) is 23.5. The van der Waals surface area contributed by atoms with Crippen LogP contribution in [0.2, 0.25) is 0 Å². The first-order valence-corrected chi connectivity index (χ1v) is 11.8. The molecule has 1 aliphatic rings. The van der Waals surface area contributed by atoms with Gasteiger partial charge in [-0.25, -0.2) is 4.98 Å². The van der Waals surface area contributed by atoms with E-state index < -0.39 is 5.91 Å². The fraction of sp³-hybridized carbons (Fsp3) is 0.286. The van der Waals surface area contributed by atoms with Gasteiger partial charge in [-0.1, -0.05) is 43.2 Å². The molecule has 1 aliphatic carbocycles. The Hall–Kier alpha value is -3.64. The van der Waals surface area contributed by atoms with Gasteiger partial charge in [0.15, 0.2) is 0 Å². The minimum absolute atomic E-state index is 0.129. The fourth-order valence-corrected chi connectivity index (χ4v) is 4.91. The van der Waals surface area contributed by atoms with Crippen molar-refractivity contribution >= 4 is 16.9 Å². The maximum Gasteiger partial charge on any atom is 0.248 e. The van der Waals surface area contributed by atoms with E-state index in [1.165, 1.54) is 12.8 Å². The lowest BCUT2D eigenvalue weighted by Crippen LogP contribution is -2.20. The molecule has 4 aromatic rings. The second-order valence-electron chi connectivity index (χ2n) is 8.84. The molecule has 0 aliphatic heterocycles. The number of fused-ring (bicyclic) bond motifs is 1. The maximum atomic E-state index is 11.8. The van der Waals surface area contributed by atoms with Crippen LogP contribution >= 0.6 is 0 Å². The first-order chi connectivity index (χ1) is 16.6. The van der Waals surface area contributed by atoms with Crippen molar-refractivity contribution in [3.05, 3.63) is 83.9 Å². The number of rotatable bonds is 8. The molecule has 0 saturated heterocycles. The number of carbonyl (C=O) groups is 1. The van der Waals surface area contributed by atoms with E-state index in [2.05, 4.69) is 4.57 Å². The fourth-order valence-electron chi connectivity index (χ4n) is 4.91. The standard InChI is InChI=1S/C28H29N3O3/c1-33-28(21-9-5-6-10-21)31-25-16-13-22(26(29)32)17-24(25)30-27(31)20-11-14-23(15-12-20)34-18-19-7-3-2-4-8-19/h2-4,7-8,11-17,21,28H,5-6,9-10,18H2,1H3,(H2,29,32). The molecule has 6 heteroatoms. The Bertz CT molecular complexity index is 1280. The van der Waals surface area contributed by atoms with Crippen molar-refractivity contribution in [1.29, 1.82) is 0 Å². The molecule has 1 saturated carbocycles. The molecule has 2 N–H and O–H groups in total. The maximum absolute atomic E-state index is 11.8. The Kier molecular flexibility index (Phi) is 6.32. The summed E-state index contributed by atoms with van der Waals surface area (Å²) in [6.07, 6.45) is 4.56. The average Bonchev–Trinajstić information content (AvgIpc) is 3.53. The third-order valence-corrected chi connectivity index (χ3v) is 6.63. The monoisotopic (exact) mass is 455 g/mol. The van der Waals surface area contributed by atoms with Crippen molar-refractivity contribution in [2.75, 3.05) is 7.11 Å². The number of hydrogen-bond acceptors (Lipinski definition) is 4. The number of benzene rings is 3. The van der Waals surface area contributed by atoms with Gasteiger partial charge in [0.25, 0.3) is 0 Å². The van der Waals surface area contributed by atoms with E-state index in [-0.39, 0.29) is 6.23 Å². The summed E-state index contributed by atoms with van der Waals surface area (Å²) in [4.78, 5) is 16.7. The van der Waals surface area contributed by atoms with Crippen LogP contribution in [0.25, 0.3) is 22.4 Å². The van der Waals surface area contributed by atoms with Gasteiger partial charge in [0, 0.05) is 24.2 Å². The highest BCUT2D eigenvalue weighted by Gasteiger charge is 2.30. The highest BCUT2D eigenvalue weighted by atomic mass is 16.5. The second kappa shape index (κ2) is 9.69. The summed E-state index contributed by atoms with van der Waals surface area (Å²) in [6.45, 7) is 0.516. The largest absolute Gasteiger partial charge is 0.489 e. The van der Waals surface area contributed by atoms with Crippen LogP contribution in [0, 0.1) is 5.92 Å². The summed E-state index contributed by atoms with van der Waals surface area (Å²) in [5.41, 5.74) is 9.72. The lowest BCUT2D eigenvalue weighted by atomic mass is 10.1. The van der Waals surface area contributed by atoms with E-state index in [0.29, 0.717) is 18.1 Å². The van der Waals surface area contributed by atoms with Gasteiger partial charge in [-0.3, -0.25) is 9.36 Å². The minimum Gasteiger partial charge on any atom is -0.489 e. The molecule has 3 aromatic carbocycles. The van der Waals surface area contributed by atoms with Gasteiger partial charge in [-0.15, -0.1) is 0 Å². The van der Waals surface area contributed by atoms with Crippen LogP contribution < -0.4 is 10.5 Å². The first kappa shape index (κ1) is 22.2. The summed E-state index contributed by atoms with van der Waals surface area (Å²) in [5, 5.41) is 0. The van der Waals surface area contributed by atoms with Gasteiger partial charge in [0.1, 0.15) is 24.4 Å². The minimum atomic E-state index is -0.461. The van der Waals surface area contributed by atoms with Crippen molar-refractivity contribution < 1.29 is 14.3 Å². The first-order valence-electron chi connectivity index (χ1n) is 11.8. The summed E-state index contributed by atoms with van der Waals surface area (Å²) >= 11 is 0. The summed E-state index contributed by atoms with van der Waals surface area (Å²) in [5.74, 6) is 1.57. The third kappa shape index (κ3) is 4.41. The van der Waals surface area contributed by atoms with Gasteiger partial charge < -0.3 is 15.2 Å². The number of imidazole rings is 1. The van der Waals surface area contributed by atoms with E-state index in [0.717, 1.165) is 46.6 Å². The molecule has 34 heavy (non-hydrogen) atoms. The SMILES string of the molecule is COC(C1CCCC1)n1c(-c2ccc(OCc3ccccc3)cc2)nc2cc(C(N)=O)ccc21. The van der Waals surface area contributed by atoms with Gasteiger partial charge in [-0.2, -0.15) is 0 Å². The highest BCUT2D eigenvalue weighted by molar-refractivity contribution is 5.96. The number of ether oxygens (including phenoxy) is 2. The van der Waals surface area contributed by atoms with E-state index in [4.69, 9.17) is 20.2 Å².